The van der Waals surface area contributed by atoms with E-state index in [0.717, 1.165) is 47.6 Å². The quantitative estimate of drug-likeness (QED) is 0.684. The number of benzene rings is 1. The Bertz CT molecular complexity index is 843. The van der Waals surface area contributed by atoms with Gasteiger partial charge in [0.15, 0.2) is 5.82 Å². The van der Waals surface area contributed by atoms with Gasteiger partial charge in [0.25, 0.3) is 0 Å². The lowest BCUT2D eigenvalue weighted by atomic mass is 10.1. The third-order valence-electron chi connectivity index (χ3n) is 4.93. The topological polar surface area (TPSA) is 53.9 Å². The van der Waals surface area contributed by atoms with Crippen molar-refractivity contribution in [3.05, 3.63) is 48.8 Å². The lowest BCUT2D eigenvalue weighted by Crippen LogP contribution is -2.31. The molecule has 0 radical (unpaired) electrons. The molecule has 0 atom stereocenters. The minimum Gasteiger partial charge on any atom is -0.369 e. The summed E-state index contributed by atoms with van der Waals surface area (Å²) in [7, 11) is 0. The van der Waals surface area contributed by atoms with E-state index in [1.807, 2.05) is 30.3 Å². The molecule has 0 amide bonds. The predicted molar refractivity (Wildman–Crippen MR) is 106 cm³/mol. The number of nitrogens with zero attached hydrogens (tertiary/aromatic N) is 4. The molecule has 0 unspecified atom stereocenters. The fraction of sp³-hybridized carbons (Fsp3) is 0.381. The molecule has 5 nitrogen and oxygen atoms in total. The van der Waals surface area contributed by atoms with Crippen molar-refractivity contribution in [2.45, 2.75) is 25.7 Å². The Kier molecular flexibility index (Phi) is 5.36. The predicted octanol–water partition coefficient (Wildman–Crippen LogP) is 3.98. The Morgan fingerprint density at radius 2 is 1.73 bits per heavy atom. The van der Waals surface area contributed by atoms with Crippen molar-refractivity contribution in [1.29, 1.82) is 0 Å². The number of anilines is 1. The highest BCUT2D eigenvalue weighted by Crippen LogP contribution is 2.24. The van der Waals surface area contributed by atoms with E-state index in [2.05, 4.69) is 21.3 Å². The summed E-state index contributed by atoms with van der Waals surface area (Å²) in [4.78, 5) is 16.2. The smallest absolute Gasteiger partial charge is 0.162 e. The van der Waals surface area contributed by atoms with Crippen molar-refractivity contribution in [1.82, 2.24) is 19.9 Å². The van der Waals surface area contributed by atoms with E-state index in [-0.39, 0.29) is 0 Å². The van der Waals surface area contributed by atoms with Crippen molar-refractivity contribution < 1.29 is 0 Å². The number of nitrogens with one attached hydrogen (secondary N) is 1. The Balaban J connectivity index is 1.49. The Morgan fingerprint density at radius 1 is 0.923 bits per heavy atom. The summed E-state index contributed by atoms with van der Waals surface area (Å²) in [5.74, 6) is 1.66. The van der Waals surface area contributed by atoms with Crippen LogP contribution in [0.4, 0.5) is 5.82 Å². The van der Waals surface area contributed by atoms with Crippen LogP contribution in [0.3, 0.4) is 0 Å². The number of piperidine rings is 1. The Hall–Kier alpha value is -2.53. The number of para-hydroxylation sites is 1. The van der Waals surface area contributed by atoms with Gasteiger partial charge in [-0.05, 0) is 63.2 Å². The number of pyridine rings is 1. The molecule has 1 N–H and O–H groups in total. The minimum absolute atomic E-state index is 0.740. The first-order chi connectivity index (χ1) is 12.9. The van der Waals surface area contributed by atoms with Gasteiger partial charge in [0.05, 0.1) is 5.52 Å². The molecule has 1 aliphatic heterocycles. The second-order valence-electron chi connectivity index (χ2n) is 6.83. The first kappa shape index (κ1) is 16.9. The minimum atomic E-state index is 0.740. The van der Waals surface area contributed by atoms with Crippen LogP contribution in [0.1, 0.15) is 25.7 Å². The average molecular weight is 347 g/mol. The molecule has 1 aromatic carbocycles. The van der Waals surface area contributed by atoms with Gasteiger partial charge < -0.3 is 10.2 Å². The highest BCUT2D eigenvalue weighted by Gasteiger charge is 2.11. The zero-order valence-electron chi connectivity index (χ0n) is 15.1. The standard InChI is InChI=1S/C21H25N5/c1-4-14-26(15-5-1)16-6-11-23-21-18-7-2-3-8-19(18)24-20(25-21)17-9-12-22-13-10-17/h2-3,7-10,12-13H,1,4-6,11,14-16H2,(H,23,24,25). The fourth-order valence-corrected chi connectivity index (χ4v) is 3.53. The van der Waals surface area contributed by atoms with Crippen LogP contribution >= 0.6 is 0 Å². The van der Waals surface area contributed by atoms with Gasteiger partial charge in [-0.15, -0.1) is 0 Å². The maximum Gasteiger partial charge on any atom is 0.162 e. The SMILES string of the molecule is c1ccc2c(NCCCN3CCCCC3)nc(-c3ccncc3)nc2c1. The third kappa shape index (κ3) is 3.99. The maximum absolute atomic E-state index is 4.79. The molecule has 1 saturated heterocycles. The lowest BCUT2D eigenvalue weighted by Gasteiger charge is -2.26. The second-order valence-corrected chi connectivity index (χ2v) is 6.83. The molecule has 0 bridgehead atoms. The van der Waals surface area contributed by atoms with E-state index in [1.54, 1.807) is 12.4 Å². The van der Waals surface area contributed by atoms with Gasteiger partial charge in [0, 0.05) is 29.9 Å². The summed E-state index contributed by atoms with van der Waals surface area (Å²) >= 11 is 0. The van der Waals surface area contributed by atoms with Crippen LogP contribution in [-0.4, -0.2) is 46.0 Å². The monoisotopic (exact) mass is 347 g/mol. The molecule has 0 aliphatic carbocycles. The Morgan fingerprint density at radius 3 is 2.58 bits per heavy atom. The van der Waals surface area contributed by atoms with Crippen molar-refractivity contribution in [3.63, 3.8) is 0 Å². The summed E-state index contributed by atoms with van der Waals surface area (Å²) in [6.45, 7) is 4.59. The summed E-state index contributed by atoms with van der Waals surface area (Å²) < 4.78 is 0. The van der Waals surface area contributed by atoms with Crippen molar-refractivity contribution in [3.8, 4) is 11.4 Å². The molecule has 26 heavy (non-hydrogen) atoms. The van der Waals surface area contributed by atoms with Gasteiger partial charge in [0.1, 0.15) is 5.82 Å². The van der Waals surface area contributed by atoms with Gasteiger partial charge >= 0.3 is 0 Å². The molecule has 1 aliphatic rings. The highest BCUT2D eigenvalue weighted by atomic mass is 15.1. The van der Waals surface area contributed by atoms with Crippen LogP contribution in [-0.2, 0) is 0 Å². The van der Waals surface area contributed by atoms with E-state index in [4.69, 9.17) is 9.97 Å². The zero-order valence-corrected chi connectivity index (χ0v) is 15.1. The largest absolute Gasteiger partial charge is 0.369 e. The molecule has 0 spiro atoms. The first-order valence-electron chi connectivity index (χ1n) is 9.53. The van der Waals surface area contributed by atoms with Crippen LogP contribution in [0, 0.1) is 0 Å². The van der Waals surface area contributed by atoms with Gasteiger partial charge in [-0.1, -0.05) is 18.6 Å². The molecule has 3 aromatic rings. The average Bonchev–Trinajstić information content (AvgIpc) is 2.72. The lowest BCUT2D eigenvalue weighted by molar-refractivity contribution is 0.228. The number of likely N-dealkylation sites (tertiary alicyclic amines) is 1. The summed E-state index contributed by atoms with van der Waals surface area (Å²) in [6, 6.07) is 12.1. The Labute approximate surface area is 154 Å². The molecule has 5 heteroatoms. The molecular formula is C21H25N5. The van der Waals surface area contributed by atoms with Gasteiger partial charge in [-0.3, -0.25) is 4.98 Å². The molecule has 1 fully saturated rings. The van der Waals surface area contributed by atoms with Crippen LogP contribution < -0.4 is 5.32 Å². The van der Waals surface area contributed by atoms with Crippen LogP contribution in [0.5, 0.6) is 0 Å². The highest BCUT2D eigenvalue weighted by molar-refractivity contribution is 5.90. The van der Waals surface area contributed by atoms with Gasteiger partial charge in [-0.25, -0.2) is 9.97 Å². The van der Waals surface area contributed by atoms with E-state index >= 15 is 0 Å². The molecular weight excluding hydrogens is 322 g/mol. The van der Waals surface area contributed by atoms with Crippen LogP contribution in [0.2, 0.25) is 0 Å². The van der Waals surface area contributed by atoms with E-state index in [9.17, 15) is 0 Å². The van der Waals surface area contributed by atoms with Crippen molar-refractivity contribution >= 4 is 16.7 Å². The second kappa shape index (κ2) is 8.23. The van der Waals surface area contributed by atoms with Crippen molar-refractivity contribution in [2.75, 3.05) is 31.5 Å². The first-order valence-corrected chi connectivity index (χ1v) is 9.53. The molecule has 2 aromatic heterocycles. The maximum atomic E-state index is 4.79. The summed E-state index contributed by atoms with van der Waals surface area (Å²) in [5.41, 5.74) is 1.95. The molecule has 134 valence electrons. The number of aromatic nitrogens is 3. The van der Waals surface area contributed by atoms with Crippen LogP contribution in [0.25, 0.3) is 22.3 Å². The molecule has 0 saturated carbocycles. The number of hydrogen-bond acceptors (Lipinski definition) is 5. The fourth-order valence-electron chi connectivity index (χ4n) is 3.53. The number of rotatable bonds is 6. The number of fused-ring (bicyclic) bond motifs is 1. The zero-order chi connectivity index (χ0) is 17.6. The van der Waals surface area contributed by atoms with E-state index in [0.29, 0.717) is 0 Å². The van der Waals surface area contributed by atoms with Crippen molar-refractivity contribution in [2.24, 2.45) is 0 Å². The third-order valence-corrected chi connectivity index (χ3v) is 4.93. The van der Waals surface area contributed by atoms with Gasteiger partial charge in [-0.2, -0.15) is 0 Å². The molecule has 4 rings (SSSR count). The van der Waals surface area contributed by atoms with E-state index in [1.165, 1.54) is 32.4 Å². The summed E-state index contributed by atoms with van der Waals surface area (Å²) in [5, 5.41) is 4.62. The molecule has 3 heterocycles. The normalized spacial score (nSPS) is 15.2. The number of hydrogen-bond donors (Lipinski definition) is 1. The van der Waals surface area contributed by atoms with Gasteiger partial charge in [0.2, 0.25) is 0 Å². The summed E-state index contributed by atoms with van der Waals surface area (Å²) in [6.07, 6.45) is 8.76. The van der Waals surface area contributed by atoms with Crippen LogP contribution in [0.15, 0.2) is 48.8 Å². The van der Waals surface area contributed by atoms with E-state index < -0.39 is 0 Å².